The molecule has 0 aliphatic heterocycles. The Morgan fingerprint density at radius 1 is 0.848 bits per heavy atom. The molecule has 2 fully saturated rings. The molecule has 0 radical (unpaired) electrons. The van der Waals surface area contributed by atoms with Crippen LogP contribution in [0.25, 0.3) is 0 Å². The highest BCUT2D eigenvalue weighted by Gasteiger charge is 2.42. The van der Waals surface area contributed by atoms with Crippen LogP contribution in [0.2, 0.25) is 0 Å². The molecule has 0 aromatic heterocycles. The highest BCUT2D eigenvalue weighted by Crippen LogP contribution is 2.42. The van der Waals surface area contributed by atoms with Crippen molar-refractivity contribution in [1.82, 2.24) is 0 Å². The van der Waals surface area contributed by atoms with Crippen LogP contribution in [0.3, 0.4) is 0 Å². The largest absolute Gasteiger partial charge is 0.481 e. The van der Waals surface area contributed by atoms with Gasteiger partial charge in [-0.05, 0) is 64.2 Å². The van der Waals surface area contributed by atoms with Gasteiger partial charge in [-0.25, -0.2) is 4.79 Å². The second-order valence-electron chi connectivity index (χ2n) is 10.1. The van der Waals surface area contributed by atoms with Crippen LogP contribution in [0.4, 0.5) is 0 Å². The van der Waals surface area contributed by atoms with Crippen molar-refractivity contribution in [2.45, 2.75) is 129 Å². The van der Waals surface area contributed by atoms with Crippen molar-refractivity contribution >= 4 is 17.9 Å². The van der Waals surface area contributed by atoms with E-state index in [1.165, 1.54) is 38.5 Å². The van der Waals surface area contributed by atoms with E-state index in [1.54, 1.807) is 6.08 Å². The number of esters is 1. The minimum absolute atomic E-state index is 0.0725. The number of carbonyl (C=O) groups is 3. The number of hydrogen-bond acceptors (Lipinski definition) is 4. The quantitative estimate of drug-likeness (QED) is 0.169. The van der Waals surface area contributed by atoms with Gasteiger partial charge in [0.1, 0.15) is 6.10 Å². The number of hydrogen-bond donors (Lipinski definition) is 2. The molecule has 6 nitrogen and oxygen atoms in total. The summed E-state index contributed by atoms with van der Waals surface area (Å²) in [5.41, 5.74) is -0.699. The van der Waals surface area contributed by atoms with Gasteiger partial charge in [0.25, 0.3) is 0 Å². The highest BCUT2D eigenvalue weighted by atomic mass is 16.5. The molecule has 2 rings (SSSR count). The van der Waals surface area contributed by atoms with Crippen LogP contribution in [0, 0.1) is 11.3 Å². The summed E-state index contributed by atoms with van der Waals surface area (Å²) in [5.74, 6) is -2.71. The molecular weight excluding hydrogens is 420 g/mol. The second kappa shape index (κ2) is 14.4. The molecule has 0 aromatic carbocycles. The number of carboxylic acid groups (broad SMARTS) is 2. The predicted octanol–water partition coefficient (Wildman–Crippen LogP) is 6.67. The molecule has 6 heteroatoms. The summed E-state index contributed by atoms with van der Waals surface area (Å²) in [6.45, 7) is 2.21. The first-order valence-corrected chi connectivity index (χ1v) is 13.3. The molecule has 2 aliphatic carbocycles. The van der Waals surface area contributed by atoms with Crippen LogP contribution in [0.15, 0.2) is 11.6 Å². The molecule has 0 bridgehead atoms. The Kier molecular flexibility index (Phi) is 12.0. The first-order valence-electron chi connectivity index (χ1n) is 13.3. The zero-order chi connectivity index (χ0) is 24.1. The van der Waals surface area contributed by atoms with E-state index in [4.69, 9.17) is 4.74 Å². The molecular formula is C27H44O6. The number of unbranched alkanes of at least 4 members (excludes halogenated alkanes) is 7. The number of rotatable bonds is 14. The van der Waals surface area contributed by atoms with Gasteiger partial charge >= 0.3 is 17.9 Å². The molecule has 0 spiro atoms. The SMILES string of the molecule is CCCCCCCCCCC(=CC1(C(=O)O)CCC(C(=O)O)CC1)C(=O)OC1CCCCC1. The van der Waals surface area contributed by atoms with E-state index in [-0.39, 0.29) is 24.9 Å². The Bertz CT molecular complexity index is 654. The summed E-state index contributed by atoms with van der Waals surface area (Å²) in [6, 6.07) is 0. The molecule has 188 valence electrons. The summed E-state index contributed by atoms with van der Waals surface area (Å²) in [4.78, 5) is 36.7. The lowest BCUT2D eigenvalue weighted by Gasteiger charge is -2.34. The maximum absolute atomic E-state index is 13.1. The first-order chi connectivity index (χ1) is 15.9. The van der Waals surface area contributed by atoms with Crippen molar-refractivity contribution in [3.05, 3.63) is 11.6 Å². The second-order valence-corrected chi connectivity index (χ2v) is 10.1. The van der Waals surface area contributed by atoms with E-state index in [0.717, 1.165) is 44.9 Å². The van der Waals surface area contributed by atoms with Crippen LogP contribution in [-0.4, -0.2) is 34.2 Å². The average molecular weight is 465 g/mol. The van der Waals surface area contributed by atoms with Gasteiger partial charge in [0, 0.05) is 5.57 Å². The van der Waals surface area contributed by atoms with Crippen molar-refractivity contribution in [1.29, 1.82) is 0 Å². The fraction of sp³-hybridized carbons (Fsp3) is 0.815. The lowest BCUT2D eigenvalue weighted by Crippen LogP contribution is -2.36. The minimum Gasteiger partial charge on any atom is -0.481 e. The van der Waals surface area contributed by atoms with Crippen LogP contribution in [-0.2, 0) is 19.1 Å². The summed E-state index contributed by atoms with van der Waals surface area (Å²) in [7, 11) is 0. The smallest absolute Gasteiger partial charge is 0.333 e. The lowest BCUT2D eigenvalue weighted by atomic mass is 9.69. The summed E-state index contributed by atoms with van der Waals surface area (Å²) in [6.07, 6.45) is 17.5. The molecule has 0 saturated heterocycles. The van der Waals surface area contributed by atoms with Gasteiger partial charge < -0.3 is 14.9 Å². The number of carboxylic acids is 2. The van der Waals surface area contributed by atoms with Gasteiger partial charge in [0.05, 0.1) is 11.3 Å². The van der Waals surface area contributed by atoms with Crippen LogP contribution in [0.5, 0.6) is 0 Å². The summed E-state index contributed by atoms with van der Waals surface area (Å²) < 4.78 is 5.81. The third kappa shape index (κ3) is 9.13. The topological polar surface area (TPSA) is 101 Å². The van der Waals surface area contributed by atoms with E-state index >= 15 is 0 Å². The van der Waals surface area contributed by atoms with E-state index < -0.39 is 23.3 Å². The van der Waals surface area contributed by atoms with Crippen molar-refractivity contribution in [3.8, 4) is 0 Å². The molecule has 2 saturated carbocycles. The van der Waals surface area contributed by atoms with E-state index in [1.807, 2.05) is 0 Å². The number of ether oxygens (including phenoxy) is 1. The molecule has 0 aromatic rings. The van der Waals surface area contributed by atoms with Crippen LogP contribution in [0.1, 0.15) is 122 Å². The fourth-order valence-electron chi connectivity index (χ4n) is 5.23. The maximum Gasteiger partial charge on any atom is 0.333 e. The van der Waals surface area contributed by atoms with Crippen molar-refractivity contribution in [3.63, 3.8) is 0 Å². The Balaban J connectivity index is 2.04. The summed E-state index contributed by atoms with van der Waals surface area (Å²) >= 11 is 0. The standard InChI is InChI=1S/C27H44O6/c1-2-3-4-5-6-7-8-10-13-22(25(30)33-23-14-11-9-12-15-23)20-27(26(31)32)18-16-21(17-19-27)24(28)29/h20-21,23H,2-19H2,1H3,(H,28,29)(H,31,32). The minimum atomic E-state index is -1.17. The molecule has 33 heavy (non-hydrogen) atoms. The Labute approximate surface area is 199 Å². The van der Waals surface area contributed by atoms with Crippen molar-refractivity contribution in [2.75, 3.05) is 0 Å². The average Bonchev–Trinajstić information content (AvgIpc) is 2.80. The van der Waals surface area contributed by atoms with Crippen molar-refractivity contribution in [2.24, 2.45) is 11.3 Å². The molecule has 0 heterocycles. The summed E-state index contributed by atoms with van der Waals surface area (Å²) in [5, 5.41) is 19.3. The molecule has 2 N–H and O–H groups in total. The number of carbonyl (C=O) groups excluding carboxylic acids is 1. The van der Waals surface area contributed by atoms with Gasteiger partial charge in [0.15, 0.2) is 0 Å². The van der Waals surface area contributed by atoms with Crippen LogP contribution >= 0.6 is 0 Å². The maximum atomic E-state index is 13.1. The first kappa shape index (κ1) is 27.4. The Morgan fingerprint density at radius 2 is 1.42 bits per heavy atom. The van der Waals surface area contributed by atoms with E-state index in [2.05, 4.69) is 6.92 Å². The van der Waals surface area contributed by atoms with Gasteiger partial charge in [-0.15, -0.1) is 0 Å². The highest BCUT2D eigenvalue weighted by molar-refractivity contribution is 5.90. The Hall–Kier alpha value is -1.85. The zero-order valence-electron chi connectivity index (χ0n) is 20.5. The third-order valence-corrected chi connectivity index (χ3v) is 7.49. The van der Waals surface area contributed by atoms with Crippen LogP contribution < -0.4 is 0 Å². The fourth-order valence-corrected chi connectivity index (χ4v) is 5.23. The molecule has 0 unspecified atom stereocenters. The predicted molar refractivity (Wildman–Crippen MR) is 128 cm³/mol. The monoisotopic (exact) mass is 464 g/mol. The van der Waals surface area contributed by atoms with Gasteiger partial charge in [-0.1, -0.05) is 64.4 Å². The normalized spacial score (nSPS) is 24.4. The molecule has 0 atom stereocenters. The Morgan fingerprint density at radius 3 is 1.97 bits per heavy atom. The van der Waals surface area contributed by atoms with Crippen molar-refractivity contribution < 1.29 is 29.3 Å². The number of aliphatic carboxylic acids is 2. The third-order valence-electron chi connectivity index (χ3n) is 7.49. The van der Waals surface area contributed by atoms with E-state index in [0.29, 0.717) is 24.8 Å². The van der Waals surface area contributed by atoms with Gasteiger partial charge in [0.2, 0.25) is 0 Å². The molecule has 0 amide bonds. The lowest BCUT2D eigenvalue weighted by molar-refractivity contribution is -0.152. The van der Waals surface area contributed by atoms with Gasteiger partial charge in [-0.3, -0.25) is 9.59 Å². The molecule has 2 aliphatic rings. The van der Waals surface area contributed by atoms with Gasteiger partial charge in [-0.2, -0.15) is 0 Å². The van der Waals surface area contributed by atoms with E-state index in [9.17, 15) is 24.6 Å². The zero-order valence-corrected chi connectivity index (χ0v) is 20.5.